The van der Waals surface area contributed by atoms with E-state index in [-0.39, 0.29) is 16.5 Å². The average Bonchev–Trinajstić information content (AvgIpc) is 2.22. The van der Waals surface area contributed by atoms with Crippen LogP contribution in [0.4, 0.5) is 4.39 Å². The molecule has 0 heterocycles. The van der Waals surface area contributed by atoms with Gasteiger partial charge in [0.15, 0.2) is 5.82 Å². The van der Waals surface area contributed by atoms with E-state index in [1.165, 1.54) is 0 Å². The van der Waals surface area contributed by atoms with Crippen LogP contribution >= 0.6 is 23.2 Å². The zero-order valence-electron chi connectivity index (χ0n) is 9.80. The molecule has 18 heavy (non-hydrogen) atoms. The quantitative estimate of drug-likeness (QED) is 0.836. The van der Waals surface area contributed by atoms with E-state index in [4.69, 9.17) is 28.9 Å². The Balaban J connectivity index is 3.11. The lowest BCUT2D eigenvalue weighted by Gasteiger charge is -2.19. The number of rotatable bonds is 4. The van der Waals surface area contributed by atoms with Crippen LogP contribution in [0.1, 0.15) is 13.8 Å². The summed E-state index contributed by atoms with van der Waals surface area (Å²) in [7, 11) is -3.92. The SMILES string of the molecule is CC(C)(N)CNS(=O)(=O)c1ccc(Cl)c(F)c1Cl. The van der Waals surface area contributed by atoms with Gasteiger partial charge in [0.05, 0.1) is 10.0 Å². The highest BCUT2D eigenvalue weighted by atomic mass is 35.5. The van der Waals surface area contributed by atoms with E-state index >= 15 is 0 Å². The summed E-state index contributed by atoms with van der Waals surface area (Å²) in [5.41, 5.74) is 4.93. The van der Waals surface area contributed by atoms with Crippen LogP contribution < -0.4 is 10.5 Å². The van der Waals surface area contributed by atoms with Crippen molar-refractivity contribution in [2.24, 2.45) is 5.73 Å². The normalized spacial score (nSPS) is 12.8. The van der Waals surface area contributed by atoms with Gasteiger partial charge in [-0.25, -0.2) is 17.5 Å². The molecular weight excluding hydrogens is 302 g/mol. The molecule has 1 aromatic carbocycles. The largest absolute Gasteiger partial charge is 0.324 e. The summed E-state index contributed by atoms with van der Waals surface area (Å²) in [6.07, 6.45) is 0. The highest BCUT2D eigenvalue weighted by Crippen LogP contribution is 2.29. The monoisotopic (exact) mass is 314 g/mol. The van der Waals surface area contributed by atoms with Crippen molar-refractivity contribution in [1.82, 2.24) is 4.72 Å². The van der Waals surface area contributed by atoms with Crippen LogP contribution in [-0.4, -0.2) is 20.5 Å². The summed E-state index contributed by atoms with van der Waals surface area (Å²) in [6.45, 7) is 3.30. The van der Waals surface area contributed by atoms with E-state index in [2.05, 4.69) is 4.72 Å². The summed E-state index contributed by atoms with van der Waals surface area (Å²) in [4.78, 5) is -0.365. The Kier molecular flexibility index (Phi) is 4.61. The van der Waals surface area contributed by atoms with Crippen LogP contribution in [-0.2, 0) is 10.0 Å². The summed E-state index contributed by atoms with van der Waals surface area (Å²) < 4.78 is 39.5. The Hall–Kier alpha value is -0.400. The van der Waals surface area contributed by atoms with Gasteiger partial charge in [-0.1, -0.05) is 23.2 Å². The minimum atomic E-state index is -3.92. The predicted octanol–water partition coefficient (Wildman–Crippen LogP) is 2.15. The third-order valence-corrected chi connectivity index (χ3v) is 4.22. The Labute approximate surface area is 115 Å². The maximum absolute atomic E-state index is 13.4. The molecule has 0 radical (unpaired) electrons. The standard InChI is InChI=1S/C10H13Cl2FN2O2S/c1-10(2,14)5-15-18(16,17)7-4-3-6(11)9(13)8(7)12/h3-4,15H,5,14H2,1-2H3. The molecule has 8 heteroatoms. The molecule has 0 saturated heterocycles. The maximum Gasteiger partial charge on any atom is 0.242 e. The molecule has 0 aliphatic carbocycles. The Morgan fingerprint density at radius 2 is 1.94 bits per heavy atom. The molecule has 0 spiro atoms. The van der Waals surface area contributed by atoms with Crippen molar-refractivity contribution in [2.75, 3.05) is 6.54 Å². The number of halogens is 3. The van der Waals surface area contributed by atoms with E-state index < -0.39 is 26.4 Å². The van der Waals surface area contributed by atoms with E-state index in [1.807, 2.05) is 0 Å². The summed E-state index contributed by atoms with van der Waals surface area (Å²) in [5.74, 6) is -0.965. The number of nitrogens with one attached hydrogen (secondary N) is 1. The molecular formula is C10H13Cl2FN2O2S. The van der Waals surface area contributed by atoms with Crippen molar-refractivity contribution < 1.29 is 12.8 Å². The fourth-order valence-electron chi connectivity index (χ4n) is 1.07. The first-order valence-electron chi connectivity index (χ1n) is 4.96. The molecule has 0 amide bonds. The summed E-state index contributed by atoms with van der Waals surface area (Å²) in [6, 6.07) is 2.27. The van der Waals surface area contributed by atoms with Gasteiger partial charge in [0.1, 0.15) is 4.90 Å². The molecule has 0 aromatic heterocycles. The van der Waals surface area contributed by atoms with E-state index in [0.717, 1.165) is 12.1 Å². The first-order chi connectivity index (χ1) is 8.04. The molecule has 0 atom stereocenters. The van der Waals surface area contributed by atoms with Crippen molar-refractivity contribution in [2.45, 2.75) is 24.3 Å². The van der Waals surface area contributed by atoms with Gasteiger partial charge in [-0.3, -0.25) is 0 Å². The van der Waals surface area contributed by atoms with Gasteiger partial charge in [0.25, 0.3) is 0 Å². The van der Waals surface area contributed by atoms with Gasteiger partial charge in [-0.15, -0.1) is 0 Å². The Bertz CT molecular complexity index is 556. The number of hydrogen-bond donors (Lipinski definition) is 2. The Morgan fingerprint density at radius 3 is 2.44 bits per heavy atom. The van der Waals surface area contributed by atoms with Gasteiger partial charge in [-0.2, -0.15) is 0 Å². The summed E-state index contributed by atoms with van der Waals surface area (Å²) in [5, 5.41) is -0.775. The highest BCUT2D eigenvalue weighted by Gasteiger charge is 2.23. The zero-order chi connectivity index (χ0) is 14.1. The van der Waals surface area contributed by atoms with Crippen LogP contribution in [0.15, 0.2) is 17.0 Å². The van der Waals surface area contributed by atoms with Crippen LogP contribution in [0.3, 0.4) is 0 Å². The molecule has 0 fully saturated rings. The topological polar surface area (TPSA) is 72.2 Å². The van der Waals surface area contributed by atoms with Crippen molar-refractivity contribution in [3.63, 3.8) is 0 Å². The molecule has 1 aromatic rings. The number of sulfonamides is 1. The van der Waals surface area contributed by atoms with Gasteiger partial charge in [0, 0.05) is 12.1 Å². The van der Waals surface area contributed by atoms with Crippen LogP contribution in [0.25, 0.3) is 0 Å². The second-order valence-electron chi connectivity index (χ2n) is 4.49. The molecule has 1 rings (SSSR count). The lowest BCUT2D eigenvalue weighted by atomic mass is 10.1. The average molecular weight is 315 g/mol. The molecule has 102 valence electrons. The second kappa shape index (κ2) is 5.30. The fraction of sp³-hybridized carbons (Fsp3) is 0.400. The second-order valence-corrected chi connectivity index (χ2v) is 7.01. The lowest BCUT2D eigenvalue weighted by Crippen LogP contribution is -2.45. The van der Waals surface area contributed by atoms with Gasteiger partial charge in [0.2, 0.25) is 10.0 Å². The minimum absolute atomic E-state index is 0.00406. The van der Waals surface area contributed by atoms with Gasteiger partial charge < -0.3 is 5.73 Å². The van der Waals surface area contributed by atoms with E-state index in [1.54, 1.807) is 13.8 Å². The highest BCUT2D eigenvalue weighted by molar-refractivity contribution is 7.89. The lowest BCUT2D eigenvalue weighted by molar-refractivity contribution is 0.497. The maximum atomic E-state index is 13.4. The van der Waals surface area contributed by atoms with Crippen molar-refractivity contribution >= 4 is 33.2 Å². The third kappa shape index (κ3) is 3.80. The van der Waals surface area contributed by atoms with Crippen molar-refractivity contribution in [3.05, 3.63) is 28.0 Å². The fourth-order valence-corrected chi connectivity index (χ4v) is 3.04. The van der Waals surface area contributed by atoms with Crippen molar-refractivity contribution in [1.29, 1.82) is 0 Å². The van der Waals surface area contributed by atoms with Crippen molar-refractivity contribution in [3.8, 4) is 0 Å². The molecule has 0 saturated carbocycles. The Morgan fingerprint density at radius 1 is 1.39 bits per heavy atom. The molecule has 0 unspecified atom stereocenters. The van der Waals surface area contributed by atoms with E-state index in [0.29, 0.717) is 0 Å². The minimum Gasteiger partial charge on any atom is -0.324 e. The summed E-state index contributed by atoms with van der Waals surface area (Å²) >= 11 is 11.1. The predicted molar refractivity (Wildman–Crippen MR) is 69.9 cm³/mol. The smallest absolute Gasteiger partial charge is 0.242 e. The van der Waals surface area contributed by atoms with Gasteiger partial charge in [-0.05, 0) is 26.0 Å². The van der Waals surface area contributed by atoms with E-state index in [9.17, 15) is 12.8 Å². The molecule has 0 aliphatic rings. The van der Waals surface area contributed by atoms with Crippen LogP contribution in [0.2, 0.25) is 10.0 Å². The van der Waals surface area contributed by atoms with Gasteiger partial charge >= 0.3 is 0 Å². The third-order valence-electron chi connectivity index (χ3n) is 2.01. The number of hydrogen-bond acceptors (Lipinski definition) is 3. The zero-order valence-corrected chi connectivity index (χ0v) is 12.1. The number of nitrogens with two attached hydrogens (primary N) is 1. The molecule has 0 bridgehead atoms. The first-order valence-corrected chi connectivity index (χ1v) is 7.20. The molecule has 4 nitrogen and oxygen atoms in total. The first kappa shape index (κ1) is 15.7. The molecule has 3 N–H and O–H groups in total. The molecule has 0 aliphatic heterocycles. The number of benzene rings is 1. The van der Waals surface area contributed by atoms with Crippen LogP contribution in [0.5, 0.6) is 0 Å². The van der Waals surface area contributed by atoms with Crippen LogP contribution in [0, 0.1) is 5.82 Å².